The first-order chi connectivity index (χ1) is 25.1. The fraction of sp³-hybridized carbons (Fsp3) is 0.186. The van der Waals surface area contributed by atoms with Crippen LogP contribution in [-0.2, 0) is 0 Å². The number of aldehydes is 1. The zero-order chi connectivity index (χ0) is 37.4. The van der Waals surface area contributed by atoms with E-state index in [9.17, 15) is 24.6 Å². The lowest BCUT2D eigenvalue weighted by molar-refractivity contribution is 0.0974. The van der Waals surface area contributed by atoms with Crippen LogP contribution in [0.3, 0.4) is 0 Å². The molecule has 6 rings (SSSR count). The Hall–Kier alpha value is -6.35. The van der Waals surface area contributed by atoms with Crippen LogP contribution < -0.4 is 10.6 Å². The number of phenolic OH excluding ortho intramolecular Hbond substituents is 2. The van der Waals surface area contributed by atoms with Crippen LogP contribution >= 0.6 is 0 Å². The predicted octanol–water partition coefficient (Wildman–Crippen LogP) is 10.4. The number of para-hydroxylation sites is 2. The van der Waals surface area contributed by atoms with Crippen LogP contribution in [0, 0.1) is 13.8 Å². The number of Topliss-reactive ketones (excluding diaryl/α,β-unsaturated/α-hetero) is 2. The summed E-state index contributed by atoms with van der Waals surface area (Å²) in [5.74, 6) is 0.448. The number of ketones is 2. The van der Waals surface area contributed by atoms with Crippen molar-refractivity contribution < 1.29 is 24.6 Å². The molecule has 0 fully saturated rings. The molecule has 9 nitrogen and oxygen atoms in total. The van der Waals surface area contributed by atoms with Crippen molar-refractivity contribution in [3.8, 4) is 11.5 Å². The number of hydrogen-bond acceptors (Lipinski definition) is 9. The molecule has 0 amide bonds. The average Bonchev–Trinajstić information content (AvgIpc) is 3.13. The standard InChI is InChI=1S/C22H22N2O2.C21H20N2O3/c1-4-7-20(26)18-13-23-21-15(5-2)8-6-9-17(21)22(18)24-19-11-10-16(25)12-14(19)3;1-3-5-19(26)17-11-22-20-14(12-24)6-4-7-16(20)21(17)23-18-9-8-15(25)10-13(18)2/h5-6,8-13,25H,2,4,7H2,1,3H3,(H,23,24);4,6-12,25H,3,5H2,1-2H3,(H,22,23). The second-order valence-corrected chi connectivity index (χ2v) is 12.5. The van der Waals surface area contributed by atoms with Gasteiger partial charge in [0.25, 0.3) is 0 Å². The Bertz CT molecular complexity index is 2150. The molecule has 2 heterocycles. The van der Waals surface area contributed by atoms with Crippen molar-refractivity contribution in [2.24, 2.45) is 0 Å². The van der Waals surface area contributed by atoms with Crippen molar-refractivity contribution in [3.05, 3.63) is 125 Å². The van der Waals surface area contributed by atoms with Crippen LogP contribution in [0.1, 0.15) is 87.3 Å². The summed E-state index contributed by atoms with van der Waals surface area (Å²) < 4.78 is 0. The van der Waals surface area contributed by atoms with Gasteiger partial charge in [0.05, 0.1) is 33.5 Å². The van der Waals surface area contributed by atoms with E-state index in [1.54, 1.807) is 54.7 Å². The summed E-state index contributed by atoms with van der Waals surface area (Å²) in [7, 11) is 0. The minimum Gasteiger partial charge on any atom is -0.508 e. The number of aromatic nitrogens is 2. The van der Waals surface area contributed by atoms with E-state index in [0.717, 1.165) is 63.8 Å². The van der Waals surface area contributed by atoms with Crippen LogP contribution in [0.4, 0.5) is 22.7 Å². The Labute approximate surface area is 303 Å². The number of phenols is 2. The Kier molecular flexibility index (Phi) is 11.8. The number of pyridine rings is 2. The minimum absolute atomic E-state index is 0.00247. The van der Waals surface area contributed by atoms with E-state index < -0.39 is 0 Å². The molecule has 9 heteroatoms. The summed E-state index contributed by atoms with van der Waals surface area (Å²) >= 11 is 0. The van der Waals surface area contributed by atoms with E-state index in [1.165, 1.54) is 6.20 Å². The SMILES string of the molecule is C=Cc1cccc2c(Nc3ccc(O)cc3C)c(C(=O)CCC)cnc12.CCCC(=O)c1cnc2c(C=O)cccc2c1Nc1ccc(O)cc1C. The van der Waals surface area contributed by atoms with Gasteiger partial charge in [0.15, 0.2) is 17.9 Å². The molecule has 0 bridgehead atoms. The van der Waals surface area contributed by atoms with Crippen LogP contribution in [-0.4, -0.2) is 38.0 Å². The Morgan fingerprint density at radius 3 is 1.54 bits per heavy atom. The average molecular weight is 695 g/mol. The van der Waals surface area contributed by atoms with Gasteiger partial charge in [0, 0.05) is 58.5 Å². The van der Waals surface area contributed by atoms with Crippen LogP contribution in [0.5, 0.6) is 11.5 Å². The summed E-state index contributed by atoms with van der Waals surface area (Å²) in [6.07, 6.45) is 8.11. The Morgan fingerprint density at radius 1 is 0.692 bits per heavy atom. The normalized spacial score (nSPS) is 10.7. The number of benzene rings is 4. The maximum atomic E-state index is 12.7. The number of aromatic hydroxyl groups is 2. The molecular formula is C43H42N4O5. The smallest absolute Gasteiger partial charge is 0.166 e. The molecule has 2 aromatic heterocycles. The monoisotopic (exact) mass is 694 g/mol. The third-order valence-electron chi connectivity index (χ3n) is 8.70. The van der Waals surface area contributed by atoms with Crippen molar-refractivity contribution in [2.75, 3.05) is 10.6 Å². The van der Waals surface area contributed by atoms with E-state index in [-0.39, 0.29) is 23.1 Å². The molecule has 0 aliphatic rings. The largest absolute Gasteiger partial charge is 0.508 e. The van der Waals surface area contributed by atoms with Crippen molar-refractivity contribution in [3.63, 3.8) is 0 Å². The van der Waals surface area contributed by atoms with Gasteiger partial charge < -0.3 is 20.8 Å². The van der Waals surface area contributed by atoms with Crippen LogP contribution in [0.15, 0.2) is 91.8 Å². The minimum atomic E-state index is -0.00247. The maximum Gasteiger partial charge on any atom is 0.166 e. The molecule has 0 atom stereocenters. The van der Waals surface area contributed by atoms with Gasteiger partial charge in [0.2, 0.25) is 0 Å². The molecule has 0 aliphatic heterocycles. The second kappa shape index (κ2) is 16.6. The summed E-state index contributed by atoms with van der Waals surface area (Å²) in [5.41, 5.74) is 8.54. The second-order valence-electron chi connectivity index (χ2n) is 12.5. The molecule has 0 spiro atoms. The fourth-order valence-electron chi connectivity index (χ4n) is 6.01. The lowest BCUT2D eigenvalue weighted by atomic mass is 10.0. The van der Waals surface area contributed by atoms with Gasteiger partial charge in [-0.05, 0) is 80.3 Å². The lowest BCUT2D eigenvalue weighted by Gasteiger charge is -2.16. The summed E-state index contributed by atoms with van der Waals surface area (Å²) in [6.45, 7) is 11.6. The first-order valence-electron chi connectivity index (χ1n) is 17.2. The molecule has 6 aromatic rings. The van der Waals surface area contributed by atoms with Crippen LogP contribution in [0.2, 0.25) is 0 Å². The highest BCUT2D eigenvalue weighted by Crippen LogP contribution is 2.35. The summed E-state index contributed by atoms with van der Waals surface area (Å²) in [5, 5.41) is 27.6. The maximum absolute atomic E-state index is 12.7. The van der Waals surface area contributed by atoms with Gasteiger partial charge in [-0.15, -0.1) is 0 Å². The van der Waals surface area contributed by atoms with E-state index in [0.29, 0.717) is 46.1 Å². The molecular weight excluding hydrogens is 652 g/mol. The quantitative estimate of drug-likeness (QED) is 0.0559. The zero-order valence-corrected chi connectivity index (χ0v) is 29.8. The van der Waals surface area contributed by atoms with Crippen molar-refractivity contribution in [1.29, 1.82) is 0 Å². The van der Waals surface area contributed by atoms with Crippen LogP contribution in [0.25, 0.3) is 27.9 Å². The van der Waals surface area contributed by atoms with Crippen molar-refractivity contribution in [2.45, 2.75) is 53.4 Å². The number of nitrogens with one attached hydrogen (secondary N) is 2. The van der Waals surface area contributed by atoms with E-state index in [1.807, 2.05) is 58.0 Å². The molecule has 0 aliphatic carbocycles. The number of rotatable bonds is 12. The molecule has 0 saturated heterocycles. The zero-order valence-electron chi connectivity index (χ0n) is 29.8. The molecule has 0 radical (unpaired) electrons. The van der Waals surface area contributed by atoms with Crippen molar-refractivity contribution >= 4 is 68.5 Å². The Balaban J connectivity index is 0.000000201. The summed E-state index contributed by atoms with van der Waals surface area (Å²) in [4.78, 5) is 45.5. The first-order valence-corrected chi connectivity index (χ1v) is 17.2. The highest BCUT2D eigenvalue weighted by atomic mass is 16.3. The van der Waals surface area contributed by atoms with Gasteiger partial charge in [-0.2, -0.15) is 0 Å². The number of carbonyl (C=O) groups excluding carboxylic acids is 3. The van der Waals surface area contributed by atoms with Gasteiger partial charge >= 0.3 is 0 Å². The molecule has 4 aromatic carbocycles. The van der Waals surface area contributed by atoms with Gasteiger partial charge in [0.1, 0.15) is 11.5 Å². The molecule has 52 heavy (non-hydrogen) atoms. The third-order valence-corrected chi connectivity index (χ3v) is 8.70. The number of nitrogens with zero attached hydrogens (tertiary/aromatic N) is 2. The highest BCUT2D eigenvalue weighted by Gasteiger charge is 2.19. The lowest BCUT2D eigenvalue weighted by Crippen LogP contribution is -2.07. The van der Waals surface area contributed by atoms with Gasteiger partial charge in [-0.25, -0.2) is 0 Å². The number of hydrogen-bond donors (Lipinski definition) is 4. The third kappa shape index (κ3) is 8.00. The van der Waals surface area contributed by atoms with E-state index in [4.69, 9.17) is 0 Å². The van der Waals surface area contributed by atoms with Gasteiger partial charge in [-0.1, -0.05) is 56.8 Å². The summed E-state index contributed by atoms with van der Waals surface area (Å²) in [6, 6.07) is 21.3. The molecule has 264 valence electrons. The Morgan fingerprint density at radius 2 is 1.13 bits per heavy atom. The number of anilines is 4. The topological polar surface area (TPSA) is 142 Å². The van der Waals surface area contributed by atoms with Gasteiger partial charge in [-0.3, -0.25) is 24.4 Å². The van der Waals surface area contributed by atoms with Crippen molar-refractivity contribution in [1.82, 2.24) is 9.97 Å². The molecule has 4 N–H and O–H groups in total. The number of aryl methyl sites for hydroxylation is 2. The molecule has 0 unspecified atom stereocenters. The highest BCUT2D eigenvalue weighted by molar-refractivity contribution is 6.12. The van der Waals surface area contributed by atoms with E-state index >= 15 is 0 Å². The number of carbonyl (C=O) groups is 3. The number of fused-ring (bicyclic) bond motifs is 2. The predicted molar refractivity (Wildman–Crippen MR) is 210 cm³/mol. The first kappa shape index (κ1) is 36.9. The molecule has 0 saturated carbocycles. The van der Waals surface area contributed by atoms with E-state index in [2.05, 4.69) is 27.2 Å². The fourth-order valence-corrected chi connectivity index (χ4v) is 6.01.